The van der Waals surface area contributed by atoms with E-state index in [2.05, 4.69) is 17.4 Å². The molecule has 0 radical (unpaired) electrons. The van der Waals surface area contributed by atoms with Gasteiger partial charge in [0.05, 0.1) is 4.58 Å². The topological polar surface area (TPSA) is 32.3 Å². The van der Waals surface area contributed by atoms with E-state index < -0.39 is 0 Å². The van der Waals surface area contributed by atoms with Crippen molar-refractivity contribution >= 4 is 29.4 Å². The van der Waals surface area contributed by atoms with Crippen molar-refractivity contribution in [3.8, 4) is 0 Å². The maximum atomic E-state index is 12.7. The molecule has 1 amide bonds. The van der Waals surface area contributed by atoms with Gasteiger partial charge in [-0.1, -0.05) is 12.1 Å². The highest BCUT2D eigenvalue weighted by Crippen LogP contribution is 2.45. The molecule has 2 fully saturated rings. The lowest BCUT2D eigenvalue weighted by Crippen LogP contribution is -2.38. The molecule has 2 aliphatic rings. The second-order valence-electron chi connectivity index (χ2n) is 6.32. The Morgan fingerprint density at radius 1 is 1.17 bits per heavy atom. The minimum absolute atomic E-state index is 0.204. The van der Waals surface area contributed by atoms with Crippen LogP contribution >= 0.6 is 23.5 Å². The number of hydrogen-bond donors (Lipinski definition) is 1. The molecule has 3 rings (SSSR count). The van der Waals surface area contributed by atoms with E-state index >= 15 is 0 Å². The van der Waals surface area contributed by atoms with Gasteiger partial charge in [0.15, 0.2) is 0 Å². The monoisotopic (exact) mass is 350 g/mol. The first-order valence-electron chi connectivity index (χ1n) is 8.55. The van der Waals surface area contributed by atoms with Crippen LogP contribution in [-0.2, 0) is 0 Å². The summed E-state index contributed by atoms with van der Waals surface area (Å²) in [7, 11) is 2.00. The van der Waals surface area contributed by atoms with Crippen molar-refractivity contribution in [2.45, 2.75) is 23.8 Å². The average molecular weight is 351 g/mol. The Labute approximate surface area is 148 Å². The number of rotatable bonds is 5. The third kappa shape index (κ3) is 4.46. The zero-order valence-electron chi connectivity index (χ0n) is 13.8. The van der Waals surface area contributed by atoms with Crippen LogP contribution in [0.25, 0.3) is 0 Å². The second kappa shape index (κ2) is 8.45. The molecule has 1 aromatic carbocycles. The normalized spacial score (nSPS) is 20.1. The highest BCUT2D eigenvalue weighted by atomic mass is 32.2. The Balaban J connectivity index is 1.54. The number of carbonyl (C=O) groups excluding carboxylic acids is 1. The van der Waals surface area contributed by atoms with Crippen LogP contribution in [0.2, 0.25) is 0 Å². The third-order valence-electron chi connectivity index (χ3n) is 4.76. The van der Waals surface area contributed by atoms with Crippen LogP contribution in [0.1, 0.15) is 39.8 Å². The van der Waals surface area contributed by atoms with Crippen molar-refractivity contribution < 1.29 is 4.79 Å². The van der Waals surface area contributed by atoms with E-state index in [0.29, 0.717) is 4.58 Å². The zero-order valence-corrected chi connectivity index (χ0v) is 15.4. The number of likely N-dealkylation sites (tertiary alicyclic amines) is 1. The van der Waals surface area contributed by atoms with Gasteiger partial charge in [0.25, 0.3) is 5.91 Å². The molecule has 2 aliphatic heterocycles. The highest BCUT2D eigenvalue weighted by molar-refractivity contribution is 8.19. The van der Waals surface area contributed by atoms with Crippen LogP contribution in [0.4, 0.5) is 0 Å². The summed E-state index contributed by atoms with van der Waals surface area (Å²) in [6, 6.07) is 8.32. The summed E-state index contributed by atoms with van der Waals surface area (Å²) in [5, 5.41) is 3.22. The minimum Gasteiger partial charge on any atom is -0.339 e. The molecule has 0 saturated carbocycles. The Morgan fingerprint density at radius 3 is 2.43 bits per heavy atom. The highest BCUT2D eigenvalue weighted by Gasteiger charge is 2.24. The first-order valence-corrected chi connectivity index (χ1v) is 10.6. The summed E-state index contributed by atoms with van der Waals surface area (Å²) >= 11 is 4.01. The average Bonchev–Trinajstić information content (AvgIpc) is 3.14. The number of piperidine rings is 1. The smallest absolute Gasteiger partial charge is 0.253 e. The van der Waals surface area contributed by atoms with Gasteiger partial charge in [-0.2, -0.15) is 0 Å². The maximum absolute atomic E-state index is 12.7. The number of carbonyl (C=O) groups is 1. The lowest BCUT2D eigenvalue weighted by Gasteiger charge is -2.32. The van der Waals surface area contributed by atoms with Gasteiger partial charge in [-0.05, 0) is 56.5 Å². The second-order valence-corrected chi connectivity index (χ2v) is 9.05. The summed E-state index contributed by atoms with van der Waals surface area (Å²) < 4.78 is 0.557. The van der Waals surface area contributed by atoms with Crippen LogP contribution < -0.4 is 5.32 Å². The van der Waals surface area contributed by atoms with Gasteiger partial charge in [-0.25, -0.2) is 0 Å². The molecule has 1 aromatic rings. The van der Waals surface area contributed by atoms with Crippen LogP contribution in [0.5, 0.6) is 0 Å². The molecule has 0 spiro atoms. The molecule has 23 heavy (non-hydrogen) atoms. The summed E-state index contributed by atoms with van der Waals surface area (Å²) in [6.07, 6.45) is 3.51. The lowest BCUT2D eigenvalue weighted by atomic mass is 9.93. The molecule has 2 heterocycles. The first-order chi connectivity index (χ1) is 11.3. The Hall–Kier alpha value is -0.650. The van der Waals surface area contributed by atoms with Gasteiger partial charge in [0.2, 0.25) is 0 Å². The summed E-state index contributed by atoms with van der Waals surface area (Å²) in [5.74, 6) is 3.44. The molecule has 0 unspecified atom stereocenters. The fraction of sp³-hybridized carbons (Fsp3) is 0.611. The van der Waals surface area contributed by atoms with Gasteiger partial charge < -0.3 is 10.2 Å². The molecule has 0 aromatic heterocycles. The zero-order chi connectivity index (χ0) is 16.1. The van der Waals surface area contributed by atoms with E-state index in [1.807, 2.05) is 47.6 Å². The van der Waals surface area contributed by atoms with Crippen molar-refractivity contribution in [3.63, 3.8) is 0 Å². The number of benzene rings is 1. The fourth-order valence-corrected chi connectivity index (χ4v) is 6.15. The predicted molar refractivity (Wildman–Crippen MR) is 101 cm³/mol. The molecular weight excluding hydrogens is 324 g/mol. The Kier molecular flexibility index (Phi) is 6.31. The number of thioether (sulfide) groups is 2. The van der Waals surface area contributed by atoms with Gasteiger partial charge in [-0.3, -0.25) is 4.79 Å². The van der Waals surface area contributed by atoms with E-state index in [1.54, 1.807) is 0 Å². The predicted octanol–water partition coefficient (Wildman–Crippen LogP) is 3.63. The van der Waals surface area contributed by atoms with Gasteiger partial charge in [0, 0.05) is 30.2 Å². The lowest BCUT2D eigenvalue weighted by molar-refractivity contribution is 0.0687. The van der Waals surface area contributed by atoms with E-state index in [4.69, 9.17) is 0 Å². The van der Waals surface area contributed by atoms with Crippen LogP contribution in [-0.4, -0.2) is 49.0 Å². The number of nitrogens with zero attached hydrogens (tertiary/aromatic N) is 1. The summed E-state index contributed by atoms with van der Waals surface area (Å²) in [4.78, 5) is 14.7. The number of amides is 1. The molecule has 1 N–H and O–H groups in total. The largest absolute Gasteiger partial charge is 0.339 e. The molecule has 5 heteroatoms. The van der Waals surface area contributed by atoms with E-state index in [9.17, 15) is 4.79 Å². The molecule has 3 nitrogen and oxygen atoms in total. The quantitative estimate of drug-likeness (QED) is 0.879. The van der Waals surface area contributed by atoms with Crippen LogP contribution in [0.3, 0.4) is 0 Å². The molecule has 126 valence electrons. The Morgan fingerprint density at radius 2 is 1.83 bits per heavy atom. The number of hydrogen-bond acceptors (Lipinski definition) is 4. The molecule has 0 bridgehead atoms. The van der Waals surface area contributed by atoms with Crippen molar-refractivity contribution in [1.29, 1.82) is 0 Å². The molecule has 0 aliphatic carbocycles. The Bertz CT molecular complexity index is 506. The van der Waals surface area contributed by atoms with Gasteiger partial charge in [-0.15, -0.1) is 23.5 Å². The molecule has 0 atom stereocenters. The van der Waals surface area contributed by atoms with Crippen molar-refractivity contribution in [3.05, 3.63) is 35.4 Å². The number of nitrogens with one attached hydrogen (secondary N) is 1. The first kappa shape index (κ1) is 17.2. The van der Waals surface area contributed by atoms with Gasteiger partial charge in [0.1, 0.15) is 0 Å². The van der Waals surface area contributed by atoms with E-state index in [0.717, 1.165) is 44.0 Å². The van der Waals surface area contributed by atoms with Crippen molar-refractivity contribution in [2.24, 2.45) is 5.92 Å². The van der Waals surface area contributed by atoms with Gasteiger partial charge >= 0.3 is 0 Å². The van der Waals surface area contributed by atoms with E-state index in [-0.39, 0.29) is 5.91 Å². The third-order valence-corrected chi connectivity index (χ3v) is 7.86. The fourth-order valence-electron chi connectivity index (χ4n) is 3.29. The van der Waals surface area contributed by atoms with Crippen molar-refractivity contribution in [2.75, 3.05) is 38.2 Å². The maximum Gasteiger partial charge on any atom is 0.253 e. The summed E-state index contributed by atoms with van der Waals surface area (Å²) in [5.41, 5.74) is 2.19. The molecule has 2 saturated heterocycles. The summed E-state index contributed by atoms with van der Waals surface area (Å²) in [6.45, 7) is 2.89. The van der Waals surface area contributed by atoms with Crippen LogP contribution in [0.15, 0.2) is 24.3 Å². The van der Waals surface area contributed by atoms with E-state index in [1.165, 1.54) is 23.5 Å². The standard InChI is InChI=1S/C18H26N2OS2/c1-19-9-6-14-7-10-20(11-8-14)17(21)15-2-4-16(5-3-15)18-22-12-13-23-18/h2-5,14,18-19H,6-13H2,1H3. The van der Waals surface area contributed by atoms with Crippen LogP contribution in [0, 0.1) is 5.92 Å². The minimum atomic E-state index is 0.204. The van der Waals surface area contributed by atoms with Crippen molar-refractivity contribution in [1.82, 2.24) is 10.2 Å². The molecular formula is C18H26N2OS2. The SMILES string of the molecule is CNCCC1CCN(C(=O)c2ccc(C3SCCS3)cc2)CC1.